The summed E-state index contributed by atoms with van der Waals surface area (Å²) >= 11 is 1.16. The zero-order valence-corrected chi connectivity index (χ0v) is 16.2. The Morgan fingerprint density at radius 3 is 2.65 bits per heavy atom. The Kier molecular flexibility index (Phi) is 5.31. The van der Waals surface area contributed by atoms with E-state index < -0.39 is 10.0 Å². The van der Waals surface area contributed by atoms with Crippen molar-refractivity contribution in [2.24, 2.45) is 0 Å². The Labute approximate surface area is 156 Å². The third-order valence-electron chi connectivity index (χ3n) is 4.44. The number of nitrogens with one attached hydrogen (secondary N) is 1. The molecule has 0 radical (unpaired) electrons. The van der Waals surface area contributed by atoms with Crippen molar-refractivity contribution in [1.29, 1.82) is 0 Å². The zero-order chi connectivity index (χ0) is 18.9. The number of carbonyl (C=O) groups is 1. The molecule has 3 rings (SSSR count). The molecule has 26 heavy (non-hydrogen) atoms. The summed E-state index contributed by atoms with van der Waals surface area (Å²) in [6.45, 7) is 7.18. The summed E-state index contributed by atoms with van der Waals surface area (Å²) in [5.41, 5.74) is 0. The molecule has 2 atom stereocenters. The zero-order valence-electron chi connectivity index (χ0n) is 14.6. The lowest BCUT2D eigenvalue weighted by atomic mass is 9.95. The first-order chi connectivity index (χ1) is 12.3. The van der Waals surface area contributed by atoms with E-state index in [2.05, 4.69) is 16.9 Å². The number of nitrogens with zero attached hydrogens (tertiary/aromatic N) is 2. The van der Waals surface area contributed by atoms with Crippen molar-refractivity contribution in [2.45, 2.75) is 49.0 Å². The van der Waals surface area contributed by atoms with E-state index in [0.29, 0.717) is 18.6 Å². The molecule has 1 amide bonds. The molecular weight excluding hydrogens is 374 g/mol. The summed E-state index contributed by atoms with van der Waals surface area (Å²) in [5, 5.41) is 2.87. The van der Waals surface area contributed by atoms with Crippen molar-refractivity contribution in [3.8, 4) is 10.6 Å². The molecule has 1 N–H and O–H groups in total. The lowest BCUT2D eigenvalue weighted by Crippen LogP contribution is -2.54. The minimum Gasteiger partial charge on any atom is -0.443 e. The molecule has 0 saturated carbocycles. The lowest BCUT2D eigenvalue weighted by Gasteiger charge is -2.41. The molecule has 3 heterocycles. The van der Waals surface area contributed by atoms with Crippen molar-refractivity contribution in [1.82, 2.24) is 14.6 Å². The van der Waals surface area contributed by atoms with Crippen molar-refractivity contribution < 1.29 is 17.6 Å². The number of hydrogen-bond acceptors (Lipinski definition) is 6. The predicted octanol–water partition coefficient (Wildman–Crippen LogP) is 2.64. The third-order valence-corrected chi connectivity index (χ3v) is 8.14. The average molecular weight is 396 g/mol. The molecule has 1 saturated heterocycles. The molecule has 2 unspecified atom stereocenters. The molecule has 7 nitrogen and oxygen atoms in total. The summed E-state index contributed by atoms with van der Waals surface area (Å²) in [6, 6.07) is 2.81. The second kappa shape index (κ2) is 7.34. The van der Waals surface area contributed by atoms with Gasteiger partial charge in [-0.25, -0.2) is 13.4 Å². The first-order valence-electron chi connectivity index (χ1n) is 8.28. The number of piperidine rings is 1. The number of sulfonamides is 1. The highest BCUT2D eigenvalue weighted by Gasteiger charge is 2.40. The van der Waals surface area contributed by atoms with Gasteiger partial charge in [-0.1, -0.05) is 6.58 Å². The van der Waals surface area contributed by atoms with E-state index in [0.717, 1.165) is 16.2 Å². The van der Waals surface area contributed by atoms with Gasteiger partial charge in [0.25, 0.3) is 10.0 Å². The number of thiophene rings is 1. The van der Waals surface area contributed by atoms with E-state index in [1.807, 2.05) is 13.8 Å². The van der Waals surface area contributed by atoms with Gasteiger partial charge in [0.1, 0.15) is 4.21 Å². The number of rotatable bonds is 5. The van der Waals surface area contributed by atoms with Crippen LogP contribution in [0.4, 0.5) is 0 Å². The number of oxazole rings is 1. The Morgan fingerprint density at radius 2 is 2.08 bits per heavy atom. The van der Waals surface area contributed by atoms with Gasteiger partial charge in [0, 0.05) is 18.1 Å². The molecule has 0 bridgehead atoms. The molecule has 1 aliphatic rings. The van der Waals surface area contributed by atoms with E-state index in [4.69, 9.17) is 4.42 Å². The monoisotopic (exact) mass is 395 g/mol. The van der Waals surface area contributed by atoms with Gasteiger partial charge >= 0.3 is 0 Å². The fourth-order valence-corrected chi connectivity index (χ4v) is 6.65. The molecule has 140 valence electrons. The highest BCUT2D eigenvalue weighted by Crippen LogP contribution is 2.36. The lowest BCUT2D eigenvalue weighted by molar-refractivity contribution is -0.117. The number of carbonyl (C=O) groups excluding carboxylic acids is 1. The van der Waals surface area contributed by atoms with Crippen LogP contribution >= 0.6 is 11.3 Å². The molecular formula is C17H21N3O4S2. The van der Waals surface area contributed by atoms with Crippen molar-refractivity contribution >= 4 is 27.3 Å². The van der Waals surface area contributed by atoms with Gasteiger partial charge in [-0.15, -0.1) is 11.3 Å². The third kappa shape index (κ3) is 3.60. The van der Waals surface area contributed by atoms with Gasteiger partial charge in [0.05, 0.1) is 11.1 Å². The Balaban J connectivity index is 1.81. The van der Waals surface area contributed by atoms with Crippen molar-refractivity contribution in [3.05, 3.63) is 37.4 Å². The van der Waals surface area contributed by atoms with Crippen LogP contribution in [0, 0.1) is 0 Å². The number of amides is 1. The van der Waals surface area contributed by atoms with Gasteiger partial charge in [0.15, 0.2) is 12.2 Å². The first kappa shape index (κ1) is 18.8. The summed E-state index contributed by atoms with van der Waals surface area (Å²) in [7, 11) is -3.63. The normalized spacial score (nSPS) is 24.3. The van der Waals surface area contributed by atoms with Crippen LogP contribution in [0.15, 0.2) is 46.0 Å². The Hall–Kier alpha value is -1.97. The molecule has 0 spiro atoms. The summed E-state index contributed by atoms with van der Waals surface area (Å²) in [6.07, 6.45) is 5.22. The molecule has 1 aliphatic heterocycles. The second-order valence-electron chi connectivity index (χ2n) is 6.40. The van der Waals surface area contributed by atoms with E-state index in [1.54, 1.807) is 22.6 Å². The molecule has 0 aromatic carbocycles. The number of aromatic nitrogens is 1. The SMILES string of the molecule is C=CC(=O)NC1CC(C)N(S(=O)(=O)c2ccc(-c3cnco3)s2)C(C)C1. The minimum absolute atomic E-state index is 0.0648. The van der Waals surface area contributed by atoms with Gasteiger partial charge < -0.3 is 9.73 Å². The fourth-order valence-electron chi connectivity index (χ4n) is 3.45. The van der Waals surface area contributed by atoms with Crippen LogP contribution in [0.5, 0.6) is 0 Å². The van der Waals surface area contributed by atoms with Crippen LogP contribution in [0.2, 0.25) is 0 Å². The fraction of sp³-hybridized carbons (Fsp3) is 0.412. The van der Waals surface area contributed by atoms with E-state index in [-0.39, 0.29) is 28.2 Å². The molecule has 9 heteroatoms. The maximum atomic E-state index is 13.2. The van der Waals surface area contributed by atoms with E-state index in [9.17, 15) is 13.2 Å². The molecule has 2 aromatic rings. The second-order valence-corrected chi connectivity index (χ2v) is 9.55. The topological polar surface area (TPSA) is 92.5 Å². The van der Waals surface area contributed by atoms with Crippen molar-refractivity contribution in [2.75, 3.05) is 0 Å². The first-order valence-corrected chi connectivity index (χ1v) is 10.5. The summed E-state index contributed by atoms with van der Waals surface area (Å²) < 4.78 is 33.4. The van der Waals surface area contributed by atoms with E-state index >= 15 is 0 Å². The molecule has 1 fully saturated rings. The summed E-state index contributed by atoms with van der Waals surface area (Å²) in [5.74, 6) is 0.309. The maximum Gasteiger partial charge on any atom is 0.253 e. The molecule has 0 aliphatic carbocycles. The van der Waals surface area contributed by atoms with Crippen LogP contribution in [0.25, 0.3) is 10.6 Å². The standard InChI is InChI=1S/C17H21N3O4S2/c1-4-16(21)19-13-7-11(2)20(12(3)8-13)26(22,23)17-6-5-15(25-17)14-9-18-10-24-14/h4-6,9-13H,1,7-8H2,2-3H3,(H,19,21). The van der Waals surface area contributed by atoms with Crippen LogP contribution < -0.4 is 5.32 Å². The van der Waals surface area contributed by atoms with E-state index in [1.165, 1.54) is 12.5 Å². The Morgan fingerprint density at radius 1 is 1.38 bits per heavy atom. The number of hydrogen-bond donors (Lipinski definition) is 1. The van der Waals surface area contributed by atoms with Gasteiger partial charge in [-0.2, -0.15) is 4.31 Å². The Bertz CT molecular complexity index is 877. The highest BCUT2D eigenvalue weighted by molar-refractivity contribution is 7.91. The quantitative estimate of drug-likeness (QED) is 0.786. The largest absolute Gasteiger partial charge is 0.443 e. The van der Waals surface area contributed by atoms with Gasteiger partial charge in [0.2, 0.25) is 5.91 Å². The van der Waals surface area contributed by atoms with Crippen molar-refractivity contribution in [3.63, 3.8) is 0 Å². The minimum atomic E-state index is -3.63. The average Bonchev–Trinajstić information content (AvgIpc) is 3.25. The maximum absolute atomic E-state index is 13.2. The van der Waals surface area contributed by atoms with Gasteiger partial charge in [-0.3, -0.25) is 4.79 Å². The predicted molar refractivity (Wildman–Crippen MR) is 99.1 cm³/mol. The van der Waals surface area contributed by atoms with Crippen LogP contribution in [0.1, 0.15) is 26.7 Å². The summed E-state index contributed by atoms with van der Waals surface area (Å²) in [4.78, 5) is 16.1. The van der Waals surface area contributed by atoms with Crippen LogP contribution in [-0.2, 0) is 14.8 Å². The van der Waals surface area contributed by atoms with Gasteiger partial charge in [-0.05, 0) is 44.9 Å². The van der Waals surface area contributed by atoms with Crippen LogP contribution in [0.3, 0.4) is 0 Å². The highest BCUT2D eigenvalue weighted by atomic mass is 32.2. The van der Waals surface area contributed by atoms with Crippen LogP contribution in [-0.4, -0.2) is 41.7 Å². The smallest absolute Gasteiger partial charge is 0.253 e. The molecule has 2 aromatic heterocycles.